The summed E-state index contributed by atoms with van der Waals surface area (Å²) in [5.74, 6) is 0. The van der Waals surface area contributed by atoms with E-state index in [0.29, 0.717) is 12.1 Å². The highest BCUT2D eigenvalue weighted by Gasteiger charge is 2.22. The highest BCUT2D eigenvalue weighted by molar-refractivity contribution is 5.19. The van der Waals surface area contributed by atoms with E-state index in [1.54, 1.807) is 0 Å². The van der Waals surface area contributed by atoms with Crippen LogP contribution in [0.15, 0.2) is 30.3 Å². The minimum atomic E-state index is 0.253. The molecule has 19 heavy (non-hydrogen) atoms. The van der Waals surface area contributed by atoms with Gasteiger partial charge in [-0.25, -0.2) is 0 Å². The predicted molar refractivity (Wildman–Crippen MR) is 82.2 cm³/mol. The largest absolute Gasteiger partial charge is 0.396 e. The molecule has 0 saturated heterocycles. The summed E-state index contributed by atoms with van der Waals surface area (Å²) in [7, 11) is 0. The zero-order chi connectivity index (χ0) is 14.3. The molecule has 108 valence electrons. The molecule has 1 aromatic carbocycles. The Kier molecular flexibility index (Phi) is 6.53. The summed E-state index contributed by atoms with van der Waals surface area (Å²) in [6.45, 7) is 9.25. The number of aliphatic hydroxyl groups is 1. The van der Waals surface area contributed by atoms with Crippen LogP contribution in [0.3, 0.4) is 0 Å². The molecule has 0 aromatic heterocycles. The van der Waals surface area contributed by atoms with Crippen molar-refractivity contribution in [2.24, 2.45) is 5.41 Å². The second-order valence-electron chi connectivity index (χ2n) is 6.51. The van der Waals surface area contributed by atoms with Crippen LogP contribution in [-0.4, -0.2) is 17.8 Å². The van der Waals surface area contributed by atoms with Crippen LogP contribution in [0.1, 0.15) is 58.6 Å². The number of nitrogens with one attached hydrogen (secondary N) is 1. The lowest BCUT2D eigenvalue weighted by Gasteiger charge is -2.30. The van der Waals surface area contributed by atoms with E-state index >= 15 is 0 Å². The molecule has 0 aliphatic carbocycles. The third-order valence-electron chi connectivity index (χ3n) is 3.43. The minimum absolute atomic E-state index is 0.253. The number of hydrogen-bond acceptors (Lipinski definition) is 2. The fraction of sp³-hybridized carbons (Fsp3) is 0.647. The average molecular weight is 263 g/mol. The van der Waals surface area contributed by atoms with Gasteiger partial charge in [0.15, 0.2) is 0 Å². The van der Waals surface area contributed by atoms with E-state index in [1.165, 1.54) is 5.56 Å². The van der Waals surface area contributed by atoms with Crippen molar-refractivity contribution in [3.63, 3.8) is 0 Å². The van der Waals surface area contributed by atoms with Crippen molar-refractivity contribution < 1.29 is 5.11 Å². The van der Waals surface area contributed by atoms with Crippen molar-refractivity contribution in [1.29, 1.82) is 0 Å². The number of rotatable bonds is 7. The fourth-order valence-electron chi connectivity index (χ4n) is 2.42. The Hall–Kier alpha value is -0.860. The molecule has 0 spiro atoms. The molecule has 0 aliphatic rings. The first kappa shape index (κ1) is 16.2. The normalized spacial score (nSPS) is 15.2. The molecule has 1 aromatic rings. The summed E-state index contributed by atoms with van der Waals surface area (Å²) in [4.78, 5) is 0. The first-order valence-corrected chi connectivity index (χ1v) is 7.38. The lowest BCUT2D eigenvalue weighted by atomic mass is 9.85. The van der Waals surface area contributed by atoms with Crippen molar-refractivity contribution in [2.45, 2.75) is 59.0 Å². The van der Waals surface area contributed by atoms with E-state index in [2.05, 4.69) is 63.3 Å². The van der Waals surface area contributed by atoms with Gasteiger partial charge in [-0.1, -0.05) is 58.0 Å². The second kappa shape index (κ2) is 7.66. The Balaban J connectivity index is 2.80. The number of hydrogen-bond donors (Lipinski definition) is 2. The summed E-state index contributed by atoms with van der Waals surface area (Å²) >= 11 is 0. The van der Waals surface area contributed by atoms with Crippen LogP contribution in [0, 0.1) is 5.41 Å². The standard InChI is InChI=1S/C17H29NO/c1-5-15(11-12-19)18-16(13-17(2,3)4)14-9-7-6-8-10-14/h6-10,15-16,18-19H,5,11-13H2,1-4H3. The van der Waals surface area contributed by atoms with Gasteiger partial charge in [0.25, 0.3) is 0 Å². The number of aliphatic hydroxyl groups excluding tert-OH is 1. The van der Waals surface area contributed by atoms with Gasteiger partial charge in [0.2, 0.25) is 0 Å². The third-order valence-corrected chi connectivity index (χ3v) is 3.43. The summed E-state index contributed by atoms with van der Waals surface area (Å²) in [5.41, 5.74) is 1.62. The minimum Gasteiger partial charge on any atom is -0.396 e. The Morgan fingerprint density at radius 3 is 2.26 bits per heavy atom. The van der Waals surface area contributed by atoms with E-state index in [4.69, 9.17) is 5.11 Å². The average Bonchev–Trinajstić information content (AvgIpc) is 2.36. The maximum absolute atomic E-state index is 9.14. The van der Waals surface area contributed by atoms with Gasteiger partial charge in [-0.15, -0.1) is 0 Å². The first-order chi connectivity index (χ1) is 8.96. The number of benzene rings is 1. The predicted octanol–water partition coefficient (Wildman–Crippen LogP) is 3.91. The lowest BCUT2D eigenvalue weighted by Crippen LogP contribution is -2.35. The fourth-order valence-corrected chi connectivity index (χ4v) is 2.42. The molecule has 2 N–H and O–H groups in total. The van der Waals surface area contributed by atoms with Crippen molar-refractivity contribution in [1.82, 2.24) is 5.32 Å². The molecule has 0 amide bonds. The first-order valence-electron chi connectivity index (χ1n) is 7.38. The second-order valence-corrected chi connectivity index (χ2v) is 6.51. The molecular formula is C17H29NO. The summed E-state index contributed by atoms with van der Waals surface area (Å²) < 4.78 is 0. The zero-order valence-corrected chi connectivity index (χ0v) is 12.8. The van der Waals surface area contributed by atoms with Crippen molar-refractivity contribution in [3.8, 4) is 0 Å². The maximum atomic E-state index is 9.14. The quantitative estimate of drug-likeness (QED) is 0.781. The molecule has 1 rings (SSSR count). The molecule has 0 radical (unpaired) electrons. The molecule has 0 heterocycles. The van der Waals surface area contributed by atoms with Crippen LogP contribution in [-0.2, 0) is 0 Å². The van der Waals surface area contributed by atoms with Crippen LogP contribution in [0.5, 0.6) is 0 Å². The molecule has 0 fully saturated rings. The van der Waals surface area contributed by atoms with Crippen molar-refractivity contribution >= 4 is 0 Å². The van der Waals surface area contributed by atoms with E-state index in [1.807, 2.05) is 0 Å². The van der Waals surface area contributed by atoms with Gasteiger partial charge in [-0.05, 0) is 30.2 Å². The zero-order valence-electron chi connectivity index (χ0n) is 12.8. The Labute approximate surface area is 118 Å². The van der Waals surface area contributed by atoms with Gasteiger partial charge in [0, 0.05) is 18.7 Å². The van der Waals surface area contributed by atoms with Gasteiger partial charge >= 0.3 is 0 Å². The van der Waals surface area contributed by atoms with Crippen LogP contribution >= 0.6 is 0 Å². The van der Waals surface area contributed by atoms with Gasteiger partial charge in [0.1, 0.15) is 0 Å². The summed E-state index contributed by atoms with van der Waals surface area (Å²) in [6, 6.07) is 11.4. The van der Waals surface area contributed by atoms with E-state index < -0.39 is 0 Å². The highest BCUT2D eigenvalue weighted by atomic mass is 16.3. The van der Waals surface area contributed by atoms with Crippen LogP contribution < -0.4 is 5.32 Å². The summed E-state index contributed by atoms with van der Waals surface area (Å²) in [6.07, 6.45) is 2.97. The lowest BCUT2D eigenvalue weighted by molar-refractivity contribution is 0.238. The molecule has 2 unspecified atom stereocenters. The van der Waals surface area contributed by atoms with E-state index in [-0.39, 0.29) is 12.0 Å². The Morgan fingerprint density at radius 1 is 1.16 bits per heavy atom. The highest BCUT2D eigenvalue weighted by Crippen LogP contribution is 2.30. The van der Waals surface area contributed by atoms with Gasteiger partial charge in [-0.2, -0.15) is 0 Å². The molecule has 0 saturated carbocycles. The SMILES string of the molecule is CCC(CCO)NC(CC(C)(C)C)c1ccccc1. The topological polar surface area (TPSA) is 32.3 Å². The van der Waals surface area contributed by atoms with Crippen molar-refractivity contribution in [3.05, 3.63) is 35.9 Å². The Bertz CT molecular complexity index is 342. The van der Waals surface area contributed by atoms with Gasteiger partial charge in [0.05, 0.1) is 0 Å². The molecule has 0 bridgehead atoms. The maximum Gasteiger partial charge on any atom is 0.0445 e. The Morgan fingerprint density at radius 2 is 1.79 bits per heavy atom. The van der Waals surface area contributed by atoms with Crippen LogP contribution in [0.4, 0.5) is 0 Å². The third kappa shape index (κ3) is 6.22. The molecule has 2 atom stereocenters. The smallest absolute Gasteiger partial charge is 0.0445 e. The summed E-state index contributed by atoms with van der Waals surface area (Å²) in [5, 5.41) is 12.9. The van der Waals surface area contributed by atoms with E-state index in [0.717, 1.165) is 19.3 Å². The van der Waals surface area contributed by atoms with Gasteiger partial charge in [-0.3, -0.25) is 0 Å². The van der Waals surface area contributed by atoms with Crippen LogP contribution in [0.25, 0.3) is 0 Å². The van der Waals surface area contributed by atoms with Crippen molar-refractivity contribution in [2.75, 3.05) is 6.61 Å². The molecule has 2 nitrogen and oxygen atoms in total. The molecular weight excluding hydrogens is 234 g/mol. The van der Waals surface area contributed by atoms with Crippen LogP contribution in [0.2, 0.25) is 0 Å². The molecule has 2 heteroatoms. The molecule has 0 aliphatic heterocycles. The monoisotopic (exact) mass is 263 g/mol. The van der Waals surface area contributed by atoms with Gasteiger partial charge < -0.3 is 10.4 Å². The van der Waals surface area contributed by atoms with E-state index in [9.17, 15) is 0 Å².